The Morgan fingerprint density at radius 1 is 1.32 bits per heavy atom. The largest absolute Gasteiger partial charge is 0.468 e. The minimum atomic E-state index is -3.67. The summed E-state index contributed by atoms with van der Waals surface area (Å²) in [5, 5.41) is 2.52. The van der Waals surface area contributed by atoms with Crippen molar-refractivity contribution in [1.82, 2.24) is 5.09 Å². The highest BCUT2D eigenvalue weighted by Gasteiger charge is 2.32. The first kappa shape index (κ1) is 16.0. The van der Waals surface area contributed by atoms with Gasteiger partial charge in [0, 0.05) is 11.2 Å². The zero-order valence-corrected chi connectivity index (χ0v) is 12.6. The molecule has 1 rings (SSSR count). The monoisotopic (exact) mass is 305 g/mol. The normalized spacial score (nSPS) is 15.6. The first-order valence-electron chi connectivity index (χ1n) is 5.75. The molecule has 2 atom stereocenters. The van der Waals surface area contributed by atoms with Crippen LogP contribution in [0.5, 0.6) is 5.75 Å². The molecule has 7 heteroatoms. The van der Waals surface area contributed by atoms with Gasteiger partial charge in [0.2, 0.25) is 0 Å². The number of carbonyl (C=O) groups excluding carboxylic acids is 1. The molecule has 2 unspecified atom stereocenters. The molecule has 0 radical (unpaired) electrons. The number of esters is 1. The van der Waals surface area contributed by atoms with Crippen LogP contribution in [-0.4, -0.2) is 19.1 Å². The Morgan fingerprint density at radius 2 is 1.89 bits per heavy atom. The van der Waals surface area contributed by atoms with E-state index in [0.717, 1.165) is 0 Å². The zero-order chi connectivity index (χ0) is 14.5. The van der Waals surface area contributed by atoms with Crippen LogP contribution in [0.3, 0.4) is 0 Å². The Hall–Kier alpha value is -1.03. The maximum Gasteiger partial charge on any atom is 0.409 e. The summed E-state index contributed by atoms with van der Waals surface area (Å²) in [6.07, 6.45) is 0. The van der Waals surface area contributed by atoms with Gasteiger partial charge in [0.05, 0.1) is 7.11 Å². The van der Waals surface area contributed by atoms with Gasteiger partial charge in [-0.1, -0.05) is 32.0 Å². The Labute approximate surface area is 117 Å². The second-order valence-electron chi connectivity index (χ2n) is 4.26. The molecule has 1 N–H and O–H groups in total. The topological polar surface area (TPSA) is 64.6 Å². The van der Waals surface area contributed by atoms with E-state index in [2.05, 4.69) is 9.82 Å². The van der Waals surface area contributed by atoms with Gasteiger partial charge in [0.1, 0.15) is 11.8 Å². The predicted molar refractivity (Wildman–Crippen MR) is 74.3 cm³/mol. The maximum absolute atomic E-state index is 12.1. The van der Waals surface area contributed by atoms with E-state index >= 15 is 0 Å². The van der Waals surface area contributed by atoms with Gasteiger partial charge in [0.25, 0.3) is 0 Å². The molecule has 0 aliphatic rings. The summed E-state index contributed by atoms with van der Waals surface area (Å²) in [5.74, 6) is -0.313. The standard InChI is InChI=1S/C12H17ClNO4P/c1-9(2)11(12(15)17-3)14-19(13,16)18-10-7-5-4-6-8-10/h4-9,11H,1-3H3,(H,14,16). The quantitative estimate of drug-likeness (QED) is 0.646. The highest BCUT2D eigenvalue weighted by atomic mass is 35.7. The van der Waals surface area contributed by atoms with Crippen LogP contribution in [0.1, 0.15) is 13.8 Å². The van der Waals surface area contributed by atoms with Crippen molar-refractivity contribution in [3.63, 3.8) is 0 Å². The molecule has 5 nitrogen and oxygen atoms in total. The Morgan fingerprint density at radius 3 is 2.37 bits per heavy atom. The Kier molecular flexibility index (Phi) is 5.85. The van der Waals surface area contributed by atoms with Crippen molar-refractivity contribution in [2.45, 2.75) is 19.9 Å². The van der Waals surface area contributed by atoms with Crippen molar-refractivity contribution >= 4 is 24.1 Å². The molecule has 0 bridgehead atoms. The molecule has 0 aliphatic heterocycles. The van der Waals surface area contributed by atoms with Crippen molar-refractivity contribution in [2.75, 3.05) is 7.11 Å². The number of para-hydroxylation sites is 1. The molecule has 1 aromatic rings. The van der Waals surface area contributed by atoms with Crippen molar-refractivity contribution in [1.29, 1.82) is 0 Å². The van der Waals surface area contributed by atoms with E-state index in [9.17, 15) is 9.36 Å². The molecule has 1 aromatic carbocycles. The third kappa shape index (κ3) is 5.23. The van der Waals surface area contributed by atoms with Gasteiger partial charge in [-0.2, -0.15) is 0 Å². The summed E-state index contributed by atoms with van der Waals surface area (Å²) in [4.78, 5) is 11.6. The van der Waals surface area contributed by atoms with Crippen LogP contribution in [-0.2, 0) is 14.1 Å². The van der Waals surface area contributed by atoms with Crippen molar-refractivity contribution < 1.29 is 18.6 Å². The molecule has 19 heavy (non-hydrogen) atoms. The van der Waals surface area contributed by atoms with Gasteiger partial charge < -0.3 is 9.26 Å². The maximum atomic E-state index is 12.1. The average molecular weight is 306 g/mol. The number of benzene rings is 1. The van der Waals surface area contributed by atoms with Crippen LogP contribution in [0.15, 0.2) is 30.3 Å². The minimum absolute atomic E-state index is 0.140. The first-order valence-corrected chi connectivity index (χ1v) is 8.28. The number of hydrogen-bond acceptors (Lipinski definition) is 4. The highest BCUT2D eigenvalue weighted by Crippen LogP contribution is 2.49. The lowest BCUT2D eigenvalue weighted by Crippen LogP contribution is -2.39. The van der Waals surface area contributed by atoms with Gasteiger partial charge >= 0.3 is 12.8 Å². The van der Waals surface area contributed by atoms with Crippen LogP contribution < -0.4 is 9.61 Å². The summed E-state index contributed by atoms with van der Waals surface area (Å²) in [6, 6.07) is 7.71. The summed E-state index contributed by atoms with van der Waals surface area (Å²) < 4.78 is 22.0. The minimum Gasteiger partial charge on any atom is -0.468 e. The number of nitrogens with one attached hydrogen (secondary N) is 1. The fourth-order valence-corrected chi connectivity index (χ4v) is 3.15. The number of hydrogen-bond donors (Lipinski definition) is 1. The van der Waals surface area contributed by atoms with E-state index in [1.807, 2.05) is 0 Å². The van der Waals surface area contributed by atoms with Gasteiger partial charge in [-0.25, -0.2) is 9.65 Å². The second kappa shape index (κ2) is 6.94. The molecule has 0 saturated heterocycles. The van der Waals surface area contributed by atoms with Gasteiger partial charge in [-0.05, 0) is 18.1 Å². The molecule has 0 aliphatic carbocycles. The number of rotatable bonds is 6. The highest BCUT2D eigenvalue weighted by molar-refractivity contribution is 7.84. The Bertz CT molecular complexity index is 466. The van der Waals surface area contributed by atoms with Crippen LogP contribution >= 0.6 is 18.1 Å². The molecular weight excluding hydrogens is 289 g/mol. The van der Waals surface area contributed by atoms with Crippen molar-refractivity contribution in [3.05, 3.63) is 30.3 Å². The third-order valence-corrected chi connectivity index (χ3v) is 3.91. The van der Waals surface area contributed by atoms with Gasteiger partial charge in [0.15, 0.2) is 0 Å². The summed E-state index contributed by atoms with van der Waals surface area (Å²) in [5.41, 5.74) is 0. The van der Waals surface area contributed by atoms with Crippen LogP contribution in [0.2, 0.25) is 0 Å². The van der Waals surface area contributed by atoms with Crippen LogP contribution in [0, 0.1) is 5.92 Å². The molecular formula is C12H17ClNO4P. The fraction of sp³-hybridized carbons (Fsp3) is 0.417. The third-order valence-electron chi connectivity index (χ3n) is 2.38. The smallest absolute Gasteiger partial charge is 0.409 e. The molecule has 106 valence electrons. The Balaban J connectivity index is 2.77. The molecule has 0 spiro atoms. The van der Waals surface area contributed by atoms with E-state index in [1.165, 1.54) is 7.11 Å². The summed E-state index contributed by atoms with van der Waals surface area (Å²) >= 11 is 5.83. The van der Waals surface area contributed by atoms with Crippen LogP contribution in [0.4, 0.5) is 0 Å². The van der Waals surface area contributed by atoms with E-state index in [-0.39, 0.29) is 5.92 Å². The predicted octanol–water partition coefficient (Wildman–Crippen LogP) is 3.20. The van der Waals surface area contributed by atoms with Crippen molar-refractivity contribution in [2.24, 2.45) is 5.92 Å². The van der Waals surface area contributed by atoms with E-state index in [1.54, 1.807) is 44.2 Å². The molecule has 0 fully saturated rings. The summed E-state index contributed by atoms with van der Waals surface area (Å²) in [7, 11) is 1.26. The fourth-order valence-electron chi connectivity index (χ4n) is 1.41. The lowest BCUT2D eigenvalue weighted by atomic mass is 10.1. The molecule has 0 amide bonds. The number of halogens is 1. The molecule has 0 saturated carbocycles. The van der Waals surface area contributed by atoms with Gasteiger partial charge in [-0.3, -0.25) is 4.79 Å². The first-order chi connectivity index (χ1) is 8.85. The lowest BCUT2D eigenvalue weighted by molar-refractivity contribution is -0.143. The van der Waals surface area contributed by atoms with Gasteiger partial charge in [-0.15, -0.1) is 0 Å². The van der Waals surface area contributed by atoms with Crippen LogP contribution in [0.25, 0.3) is 0 Å². The average Bonchev–Trinajstić information content (AvgIpc) is 2.35. The SMILES string of the molecule is COC(=O)C(NP(=O)(Cl)Oc1ccccc1)C(C)C. The zero-order valence-electron chi connectivity index (χ0n) is 11.0. The second-order valence-corrected chi connectivity index (χ2v) is 6.99. The van der Waals surface area contributed by atoms with E-state index in [0.29, 0.717) is 5.75 Å². The van der Waals surface area contributed by atoms with E-state index < -0.39 is 18.9 Å². The number of carbonyl (C=O) groups is 1. The molecule has 0 heterocycles. The summed E-state index contributed by atoms with van der Waals surface area (Å²) in [6.45, 7) is -0.0987. The lowest BCUT2D eigenvalue weighted by Gasteiger charge is -2.22. The van der Waals surface area contributed by atoms with E-state index in [4.69, 9.17) is 15.8 Å². The number of methoxy groups -OCH3 is 1. The van der Waals surface area contributed by atoms with Crippen molar-refractivity contribution in [3.8, 4) is 5.75 Å². The number of ether oxygens (including phenoxy) is 1. The molecule has 0 aromatic heterocycles.